The zero-order chi connectivity index (χ0) is 24.4. The van der Waals surface area contributed by atoms with Crippen LogP contribution in [0.1, 0.15) is 54.8 Å². The molecule has 4 aliphatic rings. The lowest BCUT2D eigenvalue weighted by Crippen LogP contribution is -2.45. The van der Waals surface area contributed by atoms with Gasteiger partial charge in [0.1, 0.15) is 11.6 Å². The van der Waals surface area contributed by atoms with Gasteiger partial charge in [0.2, 0.25) is 0 Å². The van der Waals surface area contributed by atoms with Gasteiger partial charge in [0.05, 0.1) is 23.3 Å². The Hall–Kier alpha value is -3.45. The number of hydrogen-bond donors (Lipinski definition) is 2. The van der Waals surface area contributed by atoms with E-state index in [4.69, 9.17) is 4.74 Å². The van der Waals surface area contributed by atoms with Crippen LogP contribution < -0.4 is 15.4 Å². The highest BCUT2D eigenvalue weighted by molar-refractivity contribution is 6.50. The van der Waals surface area contributed by atoms with E-state index in [0.717, 1.165) is 36.0 Å². The lowest BCUT2D eigenvalue weighted by atomic mass is 9.74. The van der Waals surface area contributed by atoms with Crippen LogP contribution in [0.4, 0.5) is 4.39 Å². The number of ether oxygens (including phenoxy) is 1. The second-order valence-electron chi connectivity index (χ2n) is 10.6. The molecular formula is C29H28FN3O3. The number of hydrogen-bond acceptors (Lipinski definition) is 4. The minimum absolute atomic E-state index is 0.0695. The molecule has 6 nitrogen and oxygen atoms in total. The maximum Gasteiger partial charge on any atom is 0.259 e. The topological polar surface area (TPSA) is 72.4 Å². The number of fused-ring (bicyclic) bond motifs is 2. The van der Waals surface area contributed by atoms with Crippen LogP contribution in [0, 0.1) is 11.2 Å². The minimum Gasteiger partial charge on any atom is -0.492 e. The van der Waals surface area contributed by atoms with Crippen LogP contribution in [0.3, 0.4) is 0 Å². The molecule has 7 heteroatoms. The predicted molar refractivity (Wildman–Crippen MR) is 135 cm³/mol. The van der Waals surface area contributed by atoms with Crippen LogP contribution in [-0.4, -0.2) is 36.1 Å². The molecule has 4 heterocycles. The third-order valence-electron chi connectivity index (χ3n) is 8.71. The molecule has 1 saturated carbocycles. The minimum atomic E-state index is -0.580. The molecule has 2 amide bonds. The molecule has 2 fully saturated rings. The van der Waals surface area contributed by atoms with Crippen molar-refractivity contribution in [3.05, 3.63) is 65.1 Å². The average molecular weight is 486 g/mol. The molecule has 1 unspecified atom stereocenters. The number of piperidine rings is 1. The fraction of sp³-hybridized carbons (Fsp3) is 0.379. The zero-order valence-corrected chi connectivity index (χ0v) is 20.0. The smallest absolute Gasteiger partial charge is 0.259 e. The Morgan fingerprint density at radius 1 is 1.03 bits per heavy atom. The second-order valence-corrected chi connectivity index (χ2v) is 10.6. The summed E-state index contributed by atoms with van der Waals surface area (Å²) in [6.07, 6.45) is 8.51. The van der Waals surface area contributed by atoms with Crippen LogP contribution in [0.2, 0.25) is 0 Å². The van der Waals surface area contributed by atoms with Gasteiger partial charge < -0.3 is 14.6 Å². The molecule has 1 aliphatic carbocycles. The highest BCUT2D eigenvalue weighted by Gasteiger charge is 2.45. The molecule has 184 valence electrons. The Kier molecular flexibility index (Phi) is 4.86. The lowest BCUT2D eigenvalue weighted by molar-refractivity contribution is -0.122. The average Bonchev–Trinajstić information content (AvgIpc) is 3.66. The first-order valence-corrected chi connectivity index (χ1v) is 12.9. The van der Waals surface area contributed by atoms with Crippen molar-refractivity contribution >= 4 is 33.9 Å². The first kappa shape index (κ1) is 21.8. The molecule has 3 aliphatic heterocycles. The maximum atomic E-state index is 15.3. The molecule has 2 N–H and O–H groups in total. The summed E-state index contributed by atoms with van der Waals surface area (Å²) in [7, 11) is 0. The number of halogens is 1. The van der Waals surface area contributed by atoms with E-state index in [2.05, 4.69) is 21.3 Å². The van der Waals surface area contributed by atoms with Gasteiger partial charge in [-0.3, -0.25) is 14.9 Å². The van der Waals surface area contributed by atoms with Crippen molar-refractivity contribution in [1.29, 1.82) is 0 Å². The molecule has 0 radical (unpaired) electrons. The van der Waals surface area contributed by atoms with Crippen LogP contribution >= 0.6 is 0 Å². The number of benzene rings is 2. The number of carbonyl (C=O) groups is 2. The molecule has 3 aromatic rings. The highest BCUT2D eigenvalue weighted by Crippen LogP contribution is 2.51. The van der Waals surface area contributed by atoms with E-state index in [9.17, 15) is 9.59 Å². The Morgan fingerprint density at radius 2 is 1.83 bits per heavy atom. The summed E-state index contributed by atoms with van der Waals surface area (Å²) in [6.45, 7) is 2.37. The van der Waals surface area contributed by atoms with Crippen LogP contribution in [0.5, 0.6) is 5.75 Å². The Morgan fingerprint density at radius 3 is 2.69 bits per heavy atom. The van der Waals surface area contributed by atoms with E-state index < -0.39 is 17.6 Å². The number of amides is 2. The maximum absolute atomic E-state index is 15.3. The normalized spacial score (nSPS) is 23.0. The number of nitrogens with zero attached hydrogens (tertiary/aromatic N) is 1. The van der Waals surface area contributed by atoms with E-state index in [0.29, 0.717) is 30.4 Å². The Bertz CT molecular complexity index is 1460. The second kappa shape index (κ2) is 8.03. The van der Waals surface area contributed by atoms with Gasteiger partial charge in [0.25, 0.3) is 11.8 Å². The fourth-order valence-corrected chi connectivity index (χ4v) is 7.10. The van der Waals surface area contributed by atoms with E-state index in [-0.39, 0.29) is 22.1 Å². The Balaban J connectivity index is 1.48. The predicted octanol–water partition coefficient (Wildman–Crippen LogP) is 4.38. The molecule has 1 aromatic heterocycles. The van der Waals surface area contributed by atoms with Crippen LogP contribution in [-0.2, 0) is 16.0 Å². The zero-order valence-electron chi connectivity index (χ0n) is 20.0. The van der Waals surface area contributed by atoms with Gasteiger partial charge in [0.15, 0.2) is 0 Å². The van der Waals surface area contributed by atoms with Gasteiger partial charge >= 0.3 is 0 Å². The van der Waals surface area contributed by atoms with Gasteiger partial charge in [-0.2, -0.15) is 0 Å². The summed E-state index contributed by atoms with van der Waals surface area (Å²) in [6, 6.07) is 11.4. The van der Waals surface area contributed by atoms with Crippen molar-refractivity contribution in [3.63, 3.8) is 0 Å². The summed E-state index contributed by atoms with van der Waals surface area (Å²) >= 11 is 0. The van der Waals surface area contributed by atoms with Crippen molar-refractivity contribution in [2.75, 3.05) is 19.7 Å². The summed E-state index contributed by atoms with van der Waals surface area (Å²) in [4.78, 5) is 26.4. The van der Waals surface area contributed by atoms with Crippen LogP contribution in [0.25, 0.3) is 22.0 Å². The Labute approximate surface area is 208 Å². The van der Waals surface area contributed by atoms with Gasteiger partial charge in [0, 0.05) is 47.1 Å². The number of aromatic nitrogens is 1. The van der Waals surface area contributed by atoms with Crippen molar-refractivity contribution in [1.82, 2.24) is 15.2 Å². The van der Waals surface area contributed by atoms with Gasteiger partial charge in [-0.25, -0.2) is 4.39 Å². The van der Waals surface area contributed by atoms with Crippen molar-refractivity contribution in [2.45, 2.75) is 44.6 Å². The number of rotatable bonds is 3. The number of para-hydroxylation sites is 1. The molecule has 7 rings (SSSR count). The summed E-state index contributed by atoms with van der Waals surface area (Å²) in [5.74, 6) is -1.25. The first-order chi connectivity index (χ1) is 17.6. The number of nitrogens with one attached hydrogen (secondary N) is 2. The van der Waals surface area contributed by atoms with Gasteiger partial charge in [-0.15, -0.1) is 0 Å². The lowest BCUT2D eigenvalue weighted by Gasteiger charge is -2.43. The molecule has 1 saturated heterocycles. The first-order valence-electron chi connectivity index (χ1n) is 12.9. The van der Waals surface area contributed by atoms with Crippen molar-refractivity contribution in [2.24, 2.45) is 5.41 Å². The van der Waals surface area contributed by atoms with Gasteiger partial charge in [-0.1, -0.05) is 37.1 Å². The molecule has 0 bridgehead atoms. The third kappa shape index (κ3) is 3.05. The number of imide groups is 1. The molecular weight excluding hydrogens is 457 g/mol. The third-order valence-corrected chi connectivity index (χ3v) is 8.71. The van der Waals surface area contributed by atoms with Crippen LogP contribution in [0.15, 0.2) is 42.6 Å². The van der Waals surface area contributed by atoms with Crippen molar-refractivity contribution < 1.29 is 18.7 Å². The molecule has 1 atom stereocenters. The van der Waals surface area contributed by atoms with Crippen molar-refractivity contribution in [3.8, 4) is 5.75 Å². The monoisotopic (exact) mass is 485 g/mol. The summed E-state index contributed by atoms with van der Waals surface area (Å²) in [5.41, 5.74) is 3.14. The van der Waals surface area contributed by atoms with E-state index in [1.165, 1.54) is 31.7 Å². The van der Waals surface area contributed by atoms with E-state index >= 15 is 4.39 Å². The fourth-order valence-electron chi connectivity index (χ4n) is 7.10. The van der Waals surface area contributed by atoms with E-state index in [1.807, 2.05) is 24.4 Å². The standard InChI is InChI=1S/C29H28FN3O3/c30-20-8-7-17-10-14-36-26(17)24(20)25-23(27(34)32-28(25)35)19-15-33(21-6-2-1-5-18(19)21)22-9-13-31-16-29(22)11-3-4-12-29/h1-2,5-8,15,22,31H,3-4,9-14,16H2,(H,32,34,35). The van der Waals surface area contributed by atoms with Gasteiger partial charge in [-0.05, 0) is 43.5 Å². The largest absolute Gasteiger partial charge is 0.492 e. The summed E-state index contributed by atoms with van der Waals surface area (Å²) < 4.78 is 23.4. The molecule has 36 heavy (non-hydrogen) atoms. The molecule has 1 spiro atoms. The molecule has 2 aromatic carbocycles. The SMILES string of the molecule is O=C1NC(=O)C(c2cn(C3CCNCC34CCCC4)c3ccccc23)=C1c1c(F)ccc2c1OCC2. The van der Waals surface area contributed by atoms with E-state index in [1.54, 1.807) is 6.07 Å². The number of carbonyl (C=O) groups excluding carboxylic acids is 2. The highest BCUT2D eigenvalue weighted by atomic mass is 19.1. The summed E-state index contributed by atoms with van der Waals surface area (Å²) in [5, 5.41) is 6.95. The quantitative estimate of drug-likeness (QED) is 0.541.